The molecule has 1 aromatic carbocycles. The van der Waals surface area contributed by atoms with Crippen molar-refractivity contribution in [3.8, 4) is 5.75 Å². The first kappa shape index (κ1) is 17.3. The first-order valence-electron chi connectivity index (χ1n) is 8.79. The molecule has 132 valence electrons. The van der Waals surface area contributed by atoms with E-state index in [1.807, 2.05) is 19.3 Å². The van der Waals surface area contributed by atoms with Gasteiger partial charge in [0.25, 0.3) is 0 Å². The highest BCUT2D eigenvalue weighted by molar-refractivity contribution is 5.84. The van der Waals surface area contributed by atoms with Gasteiger partial charge in [-0.1, -0.05) is 25.3 Å². The summed E-state index contributed by atoms with van der Waals surface area (Å²) in [5.41, 5.74) is 6.42. The Morgan fingerprint density at radius 1 is 1.40 bits per heavy atom. The van der Waals surface area contributed by atoms with Gasteiger partial charge in [-0.2, -0.15) is 0 Å². The normalized spacial score (nSPS) is 18.6. The summed E-state index contributed by atoms with van der Waals surface area (Å²) >= 11 is 0. The van der Waals surface area contributed by atoms with Gasteiger partial charge in [0.2, 0.25) is 0 Å². The van der Waals surface area contributed by atoms with Crippen LogP contribution in [0.25, 0.3) is 5.70 Å². The molecule has 3 rings (SSSR count). The highest BCUT2D eigenvalue weighted by atomic mass is 16.5. The quantitative estimate of drug-likeness (QED) is 0.624. The van der Waals surface area contributed by atoms with E-state index in [4.69, 9.17) is 9.73 Å². The molecule has 2 heterocycles. The summed E-state index contributed by atoms with van der Waals surface area (Å²) in [6.45, 7) is 16.0. The number of benzene rings is 1. The average Bonchev–Trinajstić information content (AvgIpc) is 2.92. The van der Waals surface area contributed by atoms with Crippen LogP contribution >= 0.6 is 0 Å². The predicted molar refractivity (Wildman–Crippen MR) is 106 cm³/mol. The second kappa shape index (κ2) is 7.18. The zero-order valence-corrected chi connectivity index (χ0v) is 15.3. The second-order valence-electron chi connectivity index (χ2n) is 6.81. The van der Waals surface area contributed by atoms with Crippen LogP contribution in [0.15, 0.2) is 48.1 Å². The number of aryl methyl sites for hydroxylation is 1. The summed E-state index contributed by atoms with van der Waals surface area (Å²) < 4.78 is 5.98. The summed E-state index contributed by atoms with van der Waals surface area (Å²) in [6.07, 6.45) is 4.82. The van der Waals surface area contributed by atoms with E-state index in [2.05, 4.69) is 42.9 Å². The summed E-state index contributed by atoms with van der Waals surface area (Å²) in [6, 6.07) is 4.45. The number of fused-ring (bicyclic) bond motifs is 2. The van der Waals surface area contributed by atoms with Gasteiger partial charge in [-0.15, -0.1) is 0 Å². The Morgan fingerprint density at radius 2 is 2.20 bits per heavy atom. The Kier molecular flexibility index (Phi) is 4.98. The lowest BCUT2D eigenvalue weighted by atomic mass is 10.1. The van der Waals surface area contributed by atoms with Crippen molar-refractivity contribution >= 4 is 17.6 Å². The fourth-order valence-electron chi connectivity index (χ4n) is 3.34. The van der Waals surface area contributed by atoms with E-state index >= 15 is 0 Å². The van der Waals surface area contributed by atoms with Crippen LogP contribution in [0.2, 0.25) is 0 Å². The monoisotopic (exact) mass is 337 g/mol. The van der Waals surface area contributed by atoms with Crippen molar-refractivity contribution < 1.29 is 4.74 Å². The molecule has 1 fully saturated rings. The van der Waals surface area contributed by atoms with Crippen molar-refractivity contribution in [1.29, 1.82) is 0 Å². The zero-order chi connectivity index (χ0) is 18.0. The third-order valence-corrected chi connectivity index (χ3v) is 4.86. The second-order valence-corrected chi connectivity index (χ2v) is 6.81. The molecule has 0 amide bonds. The maximum Gasteiger partial charge on any atom is 0.124 e. The van der Waals surface area contributed by atoms with Crippen LogP contribution in [-0.2, 0) is 0 Å². The highest BCUT2D eigenvalue weighted by Gasteiger charge is 2.30. The molecule has 0 aromatic heterocycles. The molecule has 1 atom stereocenters. The minimum atomic E-state index is 0.268. The summed E-state index contributed by atoms with van der Waals surface area (Å²) in [4.78, 5) is 7.01. The Bertz CT molecular complexity index is 748. The molecule has 25 heavy (non-hydrogen) atoms. The van der Waals surface area contributed by atoms with Gasteiger partial charge in [0.1, 0.15) is 5.75 Å². The van der Waals surface area contributed by atoms with E-state index < -0.39 is 0 Å². The van der Waals surface area contributed by atoms with Gasteiger partial charge in [0, 0.05) is 42.8 Å². The van der Waals surface area contributed by atoms with Gasteiger partial charge >= 0.3 is 0 Å². The van der Waals surface area contributed by atoms with E-state index in [1.165, 1.54) is 5.57 Å². The van der Waals surface area contributed by atoms with Crippen molar-refractivity contribution in [3.05, 3.63) is 54.3 Å². The molecule has 4 heteroatoms. The molecule has 2 aliphatic rings. The van der Waals surface area contributed by atoms with Crippen LogP contribution < -0.4 is 10.1 Å². The van der Waals surface area contributed by atoms with Crippen molar-refractivity contribution in [1.82, 2.24) is 10.2 Å². The van der Waals surface area contributed by atoms with Crippen LogP contribution in [-0.4, -0.2) is 37.4 Å². The molecule has 0 radical (unpaired) electrons. The van der Waals surface area contributed by atoms with E-state index in [1.54, 1.807) is 0 Å². The Labute approximate surface area is 150 Å². The van der Waals surface area contributed by atoms with E-state index in [0.29, 0.717) is 6.61 Å². The van der Waals surface area contributed by atoms with Crippen LogP contribution in [0.5, 0.6) is 5.75 Å². The molecule has 1 unspecified atom stereocenters. The molecule has 0 saturated carbocycles. The lowest BCUT2D eigenvalue weighted by Crippen LogP contribution is -2.27. The summed E-state index contributed by atoms with van der Waals surface area (Å²) in [5, 5.41) is 3.06. The molecule has 1 aromatic rings. The zero-order valence-electron chi connectivity index (χ0n) is 15.3. The van der Waals surface area contributed by atoms with E-state index in [-0.39, 0.29) is 6.04 Å². The van der Waals surface area contributed by atoms with Crippen LogP contribution in [0, 0.1) is 6.92 Å². The Morgan fingerprint density at radius 3 is 2.96 bits per heavy atom. The SMILES string of the molecule is C=C1CC2C=Nc3cc(OCCCC(=C)NC)c(C)cc3C(=C)N2C1. The lowest BCUT2D eigenvalue weighted by molar-refractivity contribution is 0.308. The van der Waals surface area contributed by atoms with Crippen LogP contribution in [0.4, 0.5) is 5.69 Å². The minimum Gasteiger partial charge on any atom is -0.493 e. The molecule has 1 saturated heterocycles. The van der Waals surface area contributed by atoms with Crippen LogP contribution in [0.1, 0.15) is 30.4 Å². The van der Waals surface area contributed by atoms with Crippen molar-refractivity contribution in [3.63, 3.8) is 0 Å². The van der Waals surface area contributed by atoms with E-state index in [9.17, 15) is 0 Å². The third kappa shape index (κ3) is 3.63. The average molecular weight is 337 g/mol. The van der Waals surface area contributed by atoms with Gasteiger partial charge in [-0.25, -0.2) is 0 Å². The van der Waals surface area contributed by atoms with Crippen molar-refractivity contribution in [2.24, 2.45) is 4.99 Å². The maximum atomic E-state index is 5.98. The van der Waals surface area contributed by atoms with Gasteiger partial charge in [0.15, 0.2) is 0 Å². The number of nitrogens with zero attached hydrogens (tertiary/aromatic N) is 2. The molecule has 1 N–H and O–H groups in total. The molecule has 0 aliphatic carbocycles. The number of allylic oxidation sites excluding steroid dienone is 1. The first-order valence-corrected chi connectivity index (χ1v) is 8.79. The highest BCUT2D eigenvalue weighted by Crippen LogP contribution is 2.39. The number of ether oxygens (including phenoxy) is 1. The summed E-state index contributed by atoms with van der Waals surface area (Å²) in [7, 11) is 1.89. The Hall–Kier alpha value is -2.49. The van der Waals surface area contributed by atoms with Gasteiger partial charge < -0.3 is 15.0 Å². The number of aliphatic imine (C=N–C) groups is 1. The number of rotatable bonds is 6. The standard InChI is InChI=1S/C21H27N3O/c1-14-9-18-12-23-20-11-21(25-8-6-7-16(3)22-5)15(2)10-19(20)17(4)24(18)13-14/h10-12,18,22H,1,3-4,6-9,13H2,2,5H3. The summed E-state index contributed by atoms with van der Waals surface area (Å²) in [5.74, 6) is 0.894. The molecule has 4 nitrogen and oxygen atoms in total. The maximum absolute atomic E-state index is 5.98. The van der Waals surface area contributed by atoms with Gasteiger partial charge in [0.05, 0.1) is 18.3 Å². The first-order chi connectivity index (χ1) is 12.0. The van der Waals surface area contributed by atoms with Gasteiger partial charge in [-0.3, -0.25) is 4.99 Å². The van der Waals surface area contributed by atoms with Gasteiger partial charge in [-0.05, 0) is 37.8 Å². The van der Waals surface area contributed by atoms with E-state index in [0.717, 1.165) is 59.8 Å². The number of hydrogen-bond acceptors (Lipinski definition) is 4. The smallest absolute Gasteiger partial charge is 0.124 e. The van der Waals surface area contributed by atoms with Crippen molar-refractivity contribution in [2.75, 3.05) is 20.2 Å². The number of hydrogen-bond donors (Lipinski definition) is 1. The predicted octanol–water partition coefficient (Wildman–Crippen LogP) is 4.20. The fourth-order valence-corrected chi connectivity index (χ4v) is 3.34. The molecular formula is C21H27N3O. The topological polar surface area (TPSA) is 36.9 Å². The molecule has 2 aliphatic heterocycles. The Balaban J connectivity index is 1.76. The molecule has 0 spiro atoms. The number of nitrogens with one attached hydrogen (secondary N) is 1. The largest absolute Gasteiger partial charge is 0.493 e. The molecule has 0 bridgehead atoms. The minimum absolute atomic E-state index is 0.268. The van der Waals surface area contributed by atoms with Crippen LogP contribution in [0.3, 0.4) is 0 Å². The lowest BCUT2D eigenvalue weighted by Gasteiger charge is -2.24. The fraction of sp³-hybridized carbons (Fsp3) is 0.381. The molecular weight excluding hydrogens is 310 g/mol. The van der Waals surface area contributed by atoms with Crippen molar-refractivity contribution in [2.45, 2.75) is 32.2 Å². The third-order valence-electron chi connectivity index (χ3n) is 4.86.